The Morgan fingerprint density at radius 2 is 2.12 bits per heavy atom. The summed E-state index contributed by atoms with van der Waals surface area (Å²) >= 11 is 0. The average molecular weight is 232 g/mol. The van der Waals surface area contributed by atoms with Crippen LogP contribution < -0.4 is 0 Å². The molecule has 0 bridgehead atoms. The van der Waals surface area contributed by atoms with Crippen LogP contribution in [0.1, 0.15) is 19.3 Å². The monoisotopic (exact) mass is 232 g/mol. The first kappa shape index (κ1) is 13.1. The molecule has 6 nitrogen and oxygen atoms in total. The fraction of sp³-hybridized carbons (Fsp3) is 0.700. The van der Waals surface area contributed by atoms with Gasteiger partial charge in [0.15, 0.2) is 0 Å². The van der Waals surface area contributed by atoms with E-state index in [-0.39, 0.29) is 19.4 Å². The summed E-state index contributed by atoms with van der Waals surface area (Å²) in [6.45, 7) is 3.17. The minimum atomic E-state index is -2.89. The number of ether oxygens (including phenoxy) is 1. The molecule has 0 radical (unpaired) electrons. The predicted molar refractivity (Wildman–Crippen MR) is 53.1 cm³/mol. The van der Waals surface area contributed by atoms with E-state index in [2.05, 4.69) is 11.3 Å². The number of rotatable bonds is 3. The maximum absolute atomic E-state index is 11.5. The van der Waals surface area contributed by atoms with Gasteiger partial charge >= 0.3 is 5.97 Å². The number of carbonyl (C=O) groups excluding carboxylic acids is 1. The number of aliphatic hydroxyl groups excluding tert-OH is 1. The zero-order chi connectivity index (χ0) is 12.4. The summed E-state index contributed by atoms with van der Waals surface area (Å²) in [4.78, 5) is 11.5. The summed E-state index contributed by atoms with van der Waals surface area (Å²) in [5, 5.41) is 38.4. The fourth-order valence-electron chi connectivity index (χ4n) is 1.72. The Balaban J connectivity index is 2.88. The van der Waals surface area contributed by atoms with Crippen LogP contribution in [-0.4, -0.2) is 50.5 Å². The van der Waals surface area contributed by atoms with E-state index in [9.17, 15) is 25.2 Å². The van der Waals surface area contributed by atoms with Crippen molar-refractivity contribution in [3.8, 4) is 0 Å². The first-order valence-corrected chi connectivity index (χ1v) is 4.99. The second-order valence-corrected chi connectivity index (χ2v) is 3.88. The summed E-state index contributed by atoms with van der Waals surface area (Å²) < 4.78 is 4.58. The lowest BCUT2D eigenvalue weighted by Gasteiger charge is -2.43. The second-order valence-electron chi connectivity index (χ2n) is 3.88. The van der Waals surface area contributed by atoms with E-state index in [1.165, 1.54) is 6.08 Å². The molecular formula is C10H16O6. The van der Waals surface area contributed by atoms with E-state index in [1.54, 1.807) is 0 Å². The van der Waals surface area contributed by atoms with E-state index >= 15 is 0 Å². The van der Waals surface area contributed by atoms with E-state index in [0.29, 0.717) is 6.42 Å². The smallest absolute Gasteiger partial charge is 0.344 e. The van der Waals surface area contributed by atoms with Gasteiger partial charge in [0.05, 0.1) is 0 Å². The van der Waals surface area contributed by atoms with Gasteiger partial charge in [0.25, 0.3) is 0 Å². The molecule has 6 heteroatoms. The Bertz CT molecular complexity index is 287. The minimum absolute atomic E-state index is 0.101. The van der Waals surface area contributed by atoms with Gasteiger partial charge in [-0.1, -0.05) is 12.7 Å². The van der Waals surface area contributed by atoms with Crippen LogP contribution in [0, 0.1) is 0 Å². The largest absolute Gasteiger partial charge is 0.459 e. The van der Waals surface area contributed by atoms with Crippen molar-refractivity contribution in [2.24, 2.45) is 0 Å². The van der Waals surface area contributed by atoms with Crippen LogP contribution in [0.2, 0.25) is 0 Å². The van der Waals surface area contributed by atoms with Crippen LogP contribution in [0.4, 0.5) is 0 Å². The third-order valence-electron chi connectivity index (χ3n) is 2.76. The van der Waals surface area contributed by atoms with Crippen molar-refractivity contribution in [2.45, 2.75) is 36.8 Å². The molecule has 4 N–H and O–H groups in total. The van der Waals surface area contributed by atoms with E-state index in [0.717, 1.165) is 0 Å². The zero-order valence-corrected chi connectivity index (χ0v) is 8.80. The second kappa shape index (κ2) is 4.50. The molecule has 0 aliphatic heterocycles. The lowest BCUT2D eigenvalue weighted by Crippen LogP contribution is -2.67. The first-order chi connectivity index (χ1) is 7.36. The Morgan fingerprint density at radius 1 is 1.50 bits per heavy atom. The molecule has 0 aromatic carbocycles. The zero-order valence-electron chi connectivity index (χ0n) is 8.80. The van der Waals surface area contributed by atoms with Gasteiger partial charge in [-0.25, -0.2) is 4.79 Å². The van der Waals surface area contributed by atoms with Crippen molar-refractivity contribution >= 4 is 5.97 Å². The topological polar surface area (TPSA) is 107 Å². The highest BCUT2D eigenvalue weighted by Crippen LogP contribution is 2.36. The van der Waals surface area contributed by atoms with Gasteiger partial charge in [-0.2, -0.15) is 0 Å². The Kier molecular flexibility index (Phi) is 3.69. The van der Waals surface area contributed by atoms with Gasteiger partial charge in [0.1, 0.15) is 12.7 Å². The van der Waals surface area contributed by atoms with E-state index in [4.69, 9.17) is 0 Å². The van der Waals surface area contributed by atoms with Crippen LogP contribution in [0.5, 0.6) is 0 Å². The molecule has 0 heterocycles. The Morgan fingerprint density at radius 3 is 2.69 bits per heavy atom. The summed E-state index contributed by atoms with van der Waals surface area (Å²) in [6.07, 6.45) is -0.0693. The molecule has 0 aromatic heterocycles. The van der Waals surface area contributed by atoms with Crippen LogP contribution in [-0.2, 0) is 9.53 Å². The molecule has 1 aliphatic carbocycles. The van der Waals surface area contributed by atoms with Crippen molar-refractivity contribution in [3.05, 3.63) is 12.7 Å². The molecule has 16 heavy (non-hydrogen) atoms. The van der Waals surface area contributed by atoms with Crippen molar-refractivity contribution in [1.82, 2.24) is 0 Å². The number of hydrogen-bond donors (Lipinski definition) is 4. The standard InChI is InChI=1S/C10H16O6/c1-2-6-16-8(12)9(13)5-3-4-7(11)10(9,14)15/h2,7,11,13-15H,1,3-6H2. The van der Waals surface area contributed by atoms with Crippen molar-refractivity contribution in [1.29, 1.82) is 0 Å². The average Bonchev–Trinajstić information content (AvgIpc) is 2.23. The molecular weight excluding hydrogens is 216 g/mol. The van der Waals surface area contributed by atoms with Crippen LogP contribution >= 0.6 is 0 Å². The van der Waals surface area contributed by atoms with Gasteiger partial charge in [-0.3, -0.25) is 0 Å². The third-order valence-corrected chi connectivity index (χ3v) is 2.76. The number of hydrogen-bond acceptors (Lipinski definition) is 6. The highest BCUT2D eigenvalue weighted by Gasteiger charge is 2.61. The molecule has 0 saturated heterocycles. The summed E-state index contributed by atoms with van der Waals surface area (Å²) in [6, 6.07) is 0. The summed E-state index contributed by atoms with van der Waals surface area (Å²) in [5.41, 5.74) is -2.49. The Hall–Kier alpha value is -0.950. The first-order valence-electron chi connectivity index (χ1n) is 4.99. The van der Waals surface area contributed by atoms with Crippen LogP contribution in [0.25, 0.3) is 0 Å². The molecule has 1 aliphatic rings. The quantitative estimate of drug-likeness (QED) is 0.273. The van der Waals surface area contributed by atoms with Gasteiger partial charge < -0.3 is 25.2 Å². The molecule has 0 spiro atoms. The predicted octanol–water partition coefficient (Wildman–Crippen LogP) is -1.33. The molecule has 1 saturated carbocycles. The molecule has 1 rings (SSSR count). The number of aliphatic hydroxyl groups is 4. The number of esters is 1. The highest BCUT2D eigenvalue weighted by atomic mass is 16.6. The maximum atomic E-state index is 11.5. The highest BCUT2D eigenvalue weighted by molar-refractivity contribution is 5.81. The molecule has 2 unspecified atom stereocenters. The lowest BCUT2D eigenvalue weighted by molar-refractivity contribution is -0.324. The van der Waals surface area contributed by atoms with Gasteiger partial charge in [-0.05, 0) is 19.3 Å². The van der Waals surface area contributed by atoms with Crippen molar-refractivity contribution in [3.63, 3.8) is 0 Å². The van der Waals surface area contributed by atoms with Gasteiger partial charge in [0, 0.05) is 0 Å². The van der Waals surface area contributed by atoms with Crippen LogP contribution in [0.15, 0.2) is 12.7 Å². The Labute approximate surface area is 92.8 Å². The van der Waals surface area contributed by atoms with Crippen molar-refractivity contribution in [2.75, 3.05) is 6.61 Å². The van der Waals surface area contributed by atoms with Crippen molar-refractivity contribution < 1.29 is 30.0 Å². The minimum Gasteiger partial charge on any atom is -0.459 e. The van der Waals surface area contributed by atoms with Gasteiger partial charge in [-0.15, -0.1) is 0 Å². The molecule has 0 amide bonds. The molecule has 1 fully saturated rings. The SMILES string of the molecule is C=CCOC(=O)C1(O)CCCC(O)C1(O)O. The van der Waals surface area contributed by atoms with E-state index in [1.807, 2.05) is 0 Å². The van der Waals surface area contributed by atoms with E-state index < -0.39 is 23.5 Å². The summed E-state index contributed by atoms with van der Waals surface area (Å²) in [5.74, 6) is -4.06. The normalized spacial score (nSPS) is 33.1. The number of carbonyl (C=O) groups is 1. The molecule has 2 atom stereocenters. The lowest BCUT2D eigenvalue weighted by atomic mass is 9.77. The fourth-order valence-corrected chi connectivity index (χ4v) is 1.72. The molecule has 0 aromatic rings. The summed E-state index contributed by atoms with van der Waals surface area (Å²) in [7, 11) is 0. The maximum Gasteiger partial charge on any atom is 0.344 e. The van der Waals surface area contributed by atoms with Gasteiger partial charge in [0.2, 0.25) is 11.4 Å². The molecule has 92 valence electrons. The van der Waals surface area contributed by atoms with Crippen LogP contribution in [0.3, 0.4) is 0 Å². The third kappa shape index (κ3) is 1.97.